The van der Waals surface area contributed by atoms with Gasteiger partial charge < -0.3 is 9.47 Å². The van der Waals surface area contributed by atoms with Crippen LogP contribution in [0.5, 0.6) is 11.5 Å². The van der Waals surface area contributed by atoms with Gasteiger partial charge in [-0.25, -0.2) is 4.98 Å². The summed E-state index contributed by atoms with van der Waals surface area (Å²) in [7, 11) is 0. The zero-order chi connectivity index (χ0) is 21.8. The molecule has 0 saturated carbocycles. The molecule has 0 spiro atoms. The number of benzene rings is 2. The summed E-state index contributed by atoms with van der Waals surface area (Å²) in [6, 6.07) is 8.70. The highest BCUT2D eigenvalue weighted by molar-refractivity contribution is 9.10. The lowest BCUT2D eigenvalue weighted by Crippen LogP contribution is -2.22. The fraction of sp³-hybridized carbons (Fsp3) is 0.238. The quantitative estimate of drug-likeness (QED) is 0.259. The van der Waals surface area contributed by atoms with E-state index in [0.29, 0.717) is 51.3 Å². The molecule has 30 heavy (non-hydrogen) atoms. The van der Waals surface area contributed by atoms with Gasteiger partial charge in [0.1, 0.15) is 5.82 Å². The van der Waals surface area contributed by atoms with Gasteiger partial charge in [0.2, 0.25) is 0 Å². The number of esters is 1. The number of nitrogens with zero attached hydrogens (tertiary/aromatic N) is 3. The molecular weight excluding hydrogens is 518 g/mol. The second-order valence-electron chi connectivity index (χ2n) is 6.25. The van der Waals surface area contributed by atoms with Crippen LogP contribution in [0.15, 0.2) is 49.2 Å². The first-order valence-electron chi connectivity index (χ1n) is 9.24. The first kappa shape index (κ1) is 22.2. The molecule has 3 rings (SSSR count). The fourth-order valence-electron chi connectivity index (χ4n) is 2.82. The zero-order valence-electron chi connectivity index (χ0n) is 16.6. The van der Waals surface area contributed by atoms with Crippen molar-refractivity contribution in [3.63, 3.8) is 0 Å². The molecule has 0 aliphatic carbocycles. The Morgan fingerprint density at radius 3 is 2.63 bits per heavy atom. The Kier molecular flexibility index (Phi) is 7.04. The molecular formula is C21H19Br2N3O4. The molecule has 0 aliphatic rings. The first-order valence-corrected chi connectivity index (χ1v) is 10.8. The number of halogens is 2. The summed E-state index contributed by atoms with van der Waals surface area (Å²) in [5.41, 5.74) is 1.02. The van der Waals surface area contributed by atoms with E-state index in [2.05, 4.69) is 41.9 Å². The molecule has 0 unspecified atom stereocenters. The third kappa shape index (κ3) is 4.79. The lowest BCUT2D eigenvalue weighted by molar-refractivity contribution is -0.132. The molecule has 0 bridgehead atoms. The van der Waals surface area contributed by atoms with Crippen molar-refractivity contribution >= 4 is 54.9 Å². The molecule has 0 radical (unpaired) electrons. The van der Waals surface area contributed by atoms with Gasteiger partial charge in [-0.15, -0.1) is 0 Å². The van der Waals surface area contributed by atoms with Crippen LogP contribution in [0.4, 0.5) is 0 Å². The molecule has 7 nitrogen and oxygen atoms in total. The summed E-state index contributed by atoms with van der Waals surface area (Å²) in [4.78, 5) is 28.9. The summed E-state index contributed by atoms with van der Waals surface area (Å²) in [6.07, 6.45) is 2.07. The lowest BCUT2D eigenvalue weighted by Gasteiger charge is -2.12. The smallest absolute Gasteiger partial charge is 0.308 e. The van der Waals surface area contributed by atoms with Crippen LogP contribution in [-0.2, 0) is 11.2 Å². The standard InChI is InChI=1S/C21H19Br2N3O4/c1-4-20-25-17-7-6-14(22)9-15(17)21(28)26(20)24-11-13-8-18(29-5-2)19(10-16(13)23)30-12(3)27/h6-11H,4-5H2,1-3H3. The largest absolute Gasteiger partial charge is 0.490 e. The fourth-order valence-corrected chi connectivity index (χ4v) is 3.60. The third-order valence-electron chi connectivity index (χ3n) is 4.12. The summed E-state index contributed by atoms with van der Waals surface area (Å²) >= 11 is 6.84. The van der Waals surface area contributed by atoms with Gasteiger partial charge in [-0.2, -0.15) is 9.78 Å². The topological polar surface area (TPSA) is 82.8 Å². The minimum absolute atomic E-state index is 0.257. The first-order chi connectivity index (χ1) is 14.3. The monoisotopic (exact) mass is 535 g/mol. The van der Waals surface area contributed by atoms with Crippen molar-refractivity contribution in [3.8, 4) is 11.5 Å². The number of hydrogen-bond acceptors (Lipinski definition) is 6. The van der Waals surface area contributed by atoms with E-state index in [1.807, 2.05) is 19.9 Å². The average Bonchev–Trinajstić information content (AvgIpc) is 2.70. The molecule has 1 heterocycles. The van der Waals surface area contributed by atoms with Gasteiger partial charge in [-0.1, -0.05) is 22.9 Å². The highest BCUT2D eigenvalue weighted by atomic mass is 79.9. The Morgan fingerprint density at radius 1 is 1.20 bits per heavy atom. The molecule has 0 N–H and O–H groups in total. The Balaban J connectivity index is 2.10. The van der Waals surface area contributed by atoms with Crippen LogP contribution in [0.3, 0.4) is 0 Å². The lowest BCUT2D eigenvalue weighted by atomic mass is 10.2. The molecule has 1 aromatic heterocycles. The van der Waals surface area contributed by atoms with Crippen LogP contribution in [0.25, 0.3) is 10.9 Å². The Morgan fingerprint density at radius 2 is 1.97 bits per heavy atom. The van der Waals surface area contributed by atoms with Crippen LogP contribution in [0.1, 0.15) is 32.2 Å². The maximum absolute atomic E-state index is 13.0. The molecule has 3 aromatic rings. The van der Waals surface area contributed by atoms with Gasteiger partial charge >= 0.3 is 5.97 Å². The van der Waals surface area contributed by atoms with E-state index < -0.39 is 5.97 Å². The molecule has 0 saturated heterocycles. The number of aryl methyl sites for hydroxylation is 1. The van der Waals surface area contributed by atoms with E-state index in [9.17, 15) is 9.59 Å². The molecule has 0 atom stereocenters. The predicted molar refractivity (Wildman–Crippen MR) is 123 cm³/mol. The van der Waals surface area contributed by atoms with Gasteiger partial charge in [0.25, 0.3) is 5.56 Å². The van der Waals surface area contributed by atoms with Crippen LogP contribution in [-0.4, -0.2) is 28.5 Å². The van der Waals surface area contributed by atoms with E-state index in [-0.39, 0.29) is 5.56 Å². The van der Waals surface area contributed by atoms with Crippen molar-refractivity contribution in [2.24, 2.45) is 5.10 Å². The number of carbonyl (C=O) groups is 1. The summed E-state index contributed by atoms with van der Waals surface area (Å²) < 4.78 is 13.5. The Bertz CT molecular complexity index is 1210. The van der Waals surface area contributed by atoms with Gasteiger partial charge in [0, 0.05) is 27.9 Å². The minimum atomic E-state index is -0.447. The second-order valence-corrected chi connectivity index (χ2v) is 8.02. The van der Waals surface area contributed by atoms with Crippen molar-refractivity contribution in [2.75, 3.05) is 6.61 Å². The van der Waals surface area contributed by atoms with Crippen LogP contribution in [0, 0.1) is 0 Å². The summed E-state index contributed by atoms with van der Waals surface area (Å²) in [5.74, 6) is 0.804. The number of fused-ring (bicyclic) bond motifs is 1. The van der Waals surface area contributed by atoms with Gasteiger partial charge in [0.15, 0.2) is 11.5 Å². The minimum Gasteiger partial charge on any atom is -0.490 e. The molecule has 9 heteroatoms. The number of carbonyl (C=O) groups excluding carboxylic acids is 1. The second kappa shape index (κ2) is 9.53. The van der Waals surface area contributed by atoms with Gasteiger partial charge in [-0.05, 0) is 53.2 Å². The van der Waals surface area contributed by atoms with Crippen LogP contribution >= 0.6 is 31.9 Å². The zero-order valence-corrected chi connectivity index (χ0v) is 19.8. The van der Waals surface area contributed by atoms with E-state index in [0.717, 1.165) is 4.47 Å². The van der Waals surface area contributed by atoms with E-state index in [1.54, 1.807) is 24.3 Å². The van der Waals surface area contributed by atoms with Crippen molar-refractivity contribution < 1.29 is 14.3 Å². The van der Waals surface area contributed by atoms with E-state index in [4.69, 9.17) is 9.47 Å². The van der Waals surface area contributed by atoms with Crippen molar-refractivity contribution in [1.29, 1.82) is 0 Å². The Labute approximate surface area is 190 Å². The van der Waals surface area contributed by atoms with Crippen molar-refractivity contribution in [2.45, 2.75) is 27.2 Å². The Hall–Kier alpha value is -2.52. The molecule has 0 fully saturated rings. The maximum atomic E-state index is 13.0. The van der Waals surface area contributed by atoms with E-state index >= 15 is 0 Å². The predicted octanol–water partition coefficient (Wildman–Crippen LogP) is 4.69. The van der Waals surface area contributed by atoms with Crippen LogP contribution < -0.4 is 15.0 Å². The van der Waals surface area contributed by atoms with Gasteiger partial charge in [-0.3, -0.25) is 9.59 Å². The number of rotatable bonds is 6. The number of hydrogen-bond donors (Lipinski definition) is 0. The third-order valence-corrected chi connectivity index (χ3v) is 5.30. The van der Waals surface area contributed by atoms with E-state index in [1.165, 1.54) is 17.8 Å². The average molecular weight is 537 g/mol. The molecule has 0 aliphatic heterocycles. The summed E-state index contributed by atoms with van der Waals surface area (Å²) in [6.45, 7) is 5.47. The SMILES string of the molecule is CCOc1cc(C=Nn2c(CC)nc3ccc(Br)cc3c2=O)c(Br)cc1OC(C)=O. The normalized spacial score (nSPS) is 11.2. The van der Waals surface area contributed by atoms with Crippen LogP contribution in [0.2, 0.25) is 0 Å². The number of ether oxygens (including phenoxy) is 2. The molecule has 156 valence electrons. The van der Waals surface area contributed by atoms with Gasteiger partial charge in [0.05, 0.1) is 23.7 Å². The highest BCUT2D eigenvalue weighted by Gasteiger charge is 2.13. The maximum Gasteiger partial charge on any atom is 0.308 e. The summed E-state index contributed by atoms with van der Waals surface area (Å²) in [5, 5.41) is 4.86. The number of aromatic nitrogens is 2. The van der Waals surface area contributed by atoms with Crippen molar-refractivity contribution in [3.05, 3.63) is 61.0 Å². The van der Waals surface area contributed by atoms with Crippen molar-refractivity contribution in [1.82, 2.24) is 9.66 Å². The molecule has 2 aromatic carbocycles. The highest BCUT2D eigenvalue weighted by Crippen LogP contribution is 2.33. The molecule has 0 amide bonds.